The first-order valence-corrected chi connectivity index (χ1v) is 8.20. The lowest BCUT2D eigenvalue weighted by Gasteiger charge is -2.23. The summed E-state index contributed by atoms with van der Waals surface area (Å²) >= 11 is 0. The standard InChI is InChI=1S/C18H30N3/c1-19(2)7-13-14(8-19)16-10-21(5,6)12-18(16)17-11-20(3,4)9-15(13)17/h7-12H2,1-6H3/q+3. The van der Waals surface area contributed by atoms with Crippen LogP contribution in [0.3, 0.4) is 0 Å². The predicted octanol–water partition coefficient (Wildman–Crippen LogP) is 1.96. The van der Waals surface area contributed by atoms with Gasteiger partial charge in [-0.05, 0) is 0 Å². The van der Waals surface area contributed by atoms with Crippen molar-refractivity contribution < 1.29 is 13.4 Å². The topological polar surface area (TPSA) is 0 Å². The molecule has 4 rings (SSSR count). The fourth-order valence-corrected chi connectivity index (χ4v) is 4.97. The molecule has 0 unspecified atom stereocenters. The van der Waals surface area contributed by atoms with Crippen molar-refractivity contribution >= 4 is 0 Å². The largest absolute Gasteiger partial charge is 0.321 e. The summed E-state index contributed by atoms with van der Waals surface area (Å²) < 4.78 is 3.41. The van der Waals surface area contributed by atoms with E-state index < -0.39 is 0 Å². The van der Waals surface area contributed by atoms with E-state index >= 15 is 0 Å². The zero-order valence-corrected chi connectivity index (χ0v) is 14.6. The molecule has 1 aromatic carbocycles. The number of fused-ring (bicyclic) bond motifs is 6. The Morgan fingerprint density at radius 3 is 0.667 bits per heavy atom. The van der Waals surface area contributed by atoms with Crippen molar-refractivity contribution in [3.8, 4) is 0 Å². The number of nitrogens with zero attached hydrogens (tertiary/aromatic N) is 3. The zero-order valence-electron chi connectivity index (χ0n) is 14.6. The highest BCUT2D eigenvalue weighted by atomic mass is 15.4. The first kappa shape index (κ1) is 13.7. The molecule has 1 aromatic rings. The van der Waals surface area contributed by atoms with Gasteiger partial charge in [-0.1, -0.05) is 0 Å². The van der Waals surface area contributed by atoms with Crippen LogP contribution < -0.4 is 0 Å². The highest BCUT2D eigenvalue weighted by molar-refractivity contribution is 5.54. The second-order valence-electron chi connectivity index (χ2n) is 9.63. The third-order valence-corrected chi connectivity index (χ3v) is 5.70. The maximum atomic E-state index is 2.39. The zero-order chi connectivity index (χ0) is 15.2. The number of hydrogen-bond acceptors (Lipinski definition) is 0. The minimum Gasteiger partial charge on any atom is -0.321 e. The molecule has 0 aliphatic carbocycles. The normalized spacial score (nSPS) is 26.6. The summed E-state index contributed by atoms with van der Waals surface area (Å²) in [5.41, 5.74) is 10.3. The van der Waals surface area contributed by atoms with E-state index in [0.717, 1.165) is 13.4 Å². The second-order valence-corrected chi connectivity index (χ2v) is 9.63. The van der Waals surface area contributed by atoms with Crippen LogP contribution in [0.25, 0.3) is 0 Å². The molecule has 3 aliphatic heterocycles. The molecule has 114 valence electrons. The Hall–Kier alpha value is -0.900. The van der Waals surface area contributed by atoms with Gasteiger partial charge < -0.3 is 13.4 Å². The van der Waals surface area contributed by atoms with E-state index in [4.69, 9.17) is 0 Å². The number of quaternary nitrogens is 3. The van der Waals surface area contributed by atoms with Gasteiger partial charge in [-0.3, -0.25) is 0 Å². The van der Waals surface area contributed by atoms with Crippen LogP contribution >= 0.6 is 0 Å². The van der Waals surface area contributed by atoms with E-state index in [2.05, 4.69) is 42.3 Å². The minimum absolute atomic E-state index is 1.14. The summed E-state index contributed by atoms with van der Waals surface area (Å²) in [6.45, 7) is 7.41. The molecule has 0 radical (unpaired) electrons. The highest BCUT2D eigenvalue weighted by Gasteiger charge is 2.45. The Kier molecular flexibility index (Phi) is 2.42. The number of hydrogen-bond donors (Lipinski definition) is 0. The van der Waals surface area contributed by atoms with Gasteiger partial charge in [0.2, 0.25) is 0 Å². The lowest BCUT2D eigenvalue weighted by molar-refractivity contribution is -0.912. The van der Waals surface area contributed by atoms with Crippen LogP contribution in [0.4, 0.5) is 0 Å². The van der Waals surface area contributed by atoms with Gasteiger partial charge in [0, 0.05) is 33.4 Å². The quantitative estimate of drug-likeness (QED) is 0.640. The Morgan fingerprint density at radius 2 is 0.524 bits per heavy atom. The average Bonchev–Trinajstić information content (AvgIpc) is 2.88. The van der Waals surface area contributed by atoms with E-state index in [-0.39, 0.29) is 0 Å². The van der Waals surface area contributed by atoms with Crippen LogP contribution in [-0.4, -0.2) is 55.7 Å². The summed E-state index contributed by atoms with van der Waals surface area (Å²) in [7, 11) is 14.3. The van der Waals surface area contributed by atoms with Crippen molar-refractivity contribution in [3.63, 3.8) is 0 Å². The van der Waals surface area contributed by atoms with Crippen molar-refractivity contribution in [2.75, 3.05) is 42.3 Å². The summed E-state index contributed by atoms with van der Waals surface area (Å²) in [5, 5.41) is 0. The summed E-state index contributed by atoms with van der Waals surface area (Å²) in [6.07, 6.45) is 0. The third kappa shape index (κ3) is 1.98. The molecule has 0 atom stereocenters. The van der Waals surface area contributed by atoms with Crippen molar-refractivity contribution in [1.29, 1.82) is 0 Å². The van der Waals surface area contributed by atoms with E-state index in [1.807, 2.05) is 0 Å². The maximum Gasteiger partial charge on any atom is 0.105 e. The fraction of sp³-hybridized carbons (Fsp3) is 0.667. The van der Waals surface area contributed by atoms with Gasteiger partial charge in [0.05, 0.1) is 42.3 Å². The lowest BCUT2D eigenvalue weighted by Crippen LogP contribution is -2.33. The van der Waals surface area contributed by atoms with E-state index in [1.54, 1.807) is 33.4 Å². The molecule has 0 fully saturated rings. The molecule has 0 spiro atoms. The van der Waals surface area contributed by atoms with Crippen LogP contribution in [0.2, 0.25) is 0 Å². The fourth-order valence-electron chi connectivity index (χ4n) is 4.97. The third-order valence-electron chi connectivity index (χ3n) is 5.70. The van der Waals surface area contributed by atoms with Gasteiger partial charge in [-0.2, -0.15) is 0 Å². The minimum atomic E-state index is 1.14. The highest BCUT2D eigenvalue weighted by Crippen LogP contribution is 2.45. The Labute approximate surface area is 129 Å². The van der Waals surface area contributed by atoms with Crippen molar-refractivity contribution in [3.05, 3.63) is 33.4 Å². The van der Waals surface area contributed by atoms with Gasteiger partial charge in [-0.25, -0.2) is 0 Å². The van der Waals surface area contributed by atoms with Crippen LogP contribution in [-0.2, 0) is 39.3 Å². The molecular formula is C18H30N3+3. The van der Waals surface area contributed by atoms with Crippen LogP contribution in [0.5, 0.6) is 0 Å². The maximum absolute atomic E-state index is 2.39. The Balaban J connectivity index is 1.96. The molecule has 0 aromatic heterocycles. The van der Waals surface area contributed by atoms with Crippen molar-refractivity contribution in [2.24, 2.45) is 0 Å². The molecular weight excluding hydrogens is 258 g/mol. The van der Waals surface area contributed by atoms with Crippen molar-refractivity contribution in [2.45, 2.75) is 39.3 Å². The monoisotopic (exact) mass is 288 g/mol. The van der Waals surface area contributed by atoms with Gasteiger partial charge in [-0.15, -0.1) is 0 Å². The van der Waals surface area contributed by atoms with E-state index in [9.17, 15) is 0 Å². The number of rotatable bonds is 0. The smallest absolute Gasteiger partial charge is 0.105 e. The van der Waals surface area contributed by atoms with Gasteiger partial charge >= 0.3 is 0 Å². The molecule has 0 saturated carbocycles. The SMILES string of the molecule is C[N+]1(C)Cc2c3c(c4c(c2C1)C[N+](C)(C)C4)C[N+](C)(C)C3. The van der Waals surface area contributed by atoms with E-state index in [0.29, 0.717) is 0 Å². The lowest BCUT2D eigenvalue weighted by atomic mass is 9.90. The van der Waals surface area contributed by atoms with Crippen LogP contribution in [0.15, 0.2) is 0 Å². The number of benzene rings is 1. The molecule has 3 nitrogen and oxygen atoms in total. The molecule has 0 bridgehead atoms. The van der Waals surface area contributed by atoms with Gasteiger partial charge in [0.1, 0.15) is 39.3 Å². The predicted molar refractivity (Wildman–Crippen MR) is 85.0 cm³/mol. The molecule has 3 heterocycles. The van der Waals surface area contributed by atoms with Gasteiger partial charge in [0.25, 0.3) is 0 Å². The molecule has 0 amide bonds. The first-order chi connectivity index (χ1) is 9.57. The molecule has 3 heteroatoms. The Morgan fingerprint density at radius 1 is 0.381 bits per heavy atom. The van der Waals surface area contributed by atoms with Crippen LogP contribution in [0.1, 0.15) is 33.4 Å². The summed E-state index contributed by atoms with van der Waals surface area (Å²) in [6, 6.07) is 0. The Bertz CT molecular complexity index is 492. The summed E-state index contributed by atoms with van der Waals surface area (Å²) in [5.74, 6) is 0. The molecule has 21 heavy (non-hydrogen) atoms. The first-order valence-electron chi connectivity index (χ1n) is 8.20. The van der Waals surface area contributed by atoms with E-state index in [1.165, 1.54) is 39.3 Å². The van der Waals surface area contributed by atoms with Crippen molar-refractivity contribution in [1.82, 2.24) is 0 Å². The summed E-state index contributed by atoms with van der Waals surface area (Å²) in [4.78, 5) is 0. The molecule has 0 N–H and O–H groups in total. The second kappa shape index (κ2) is 3.70. The van der Waals surface area contributed by atoms with Gasteiger partial charge in [0.15, 0.2) is 0 Å². The van der Waals surface area contributed by atoms with Crippen LogP contribution in [0, 0.1) is 0 Å². The molecule has 0 saturated heterocycles. The molecule has 3 aliphatic rings. The average molecular weight is 288 g/mol.